The minimum atomic E-state index is -0.555. The Kier molecular flexibility index (Phi) is 5.96. The van der Waals surface area contributed by atoms with Gasteiger partial charge in [0, 0.05) is 5.92 Å². The van der Waals surface area contributed by atoms with Gasteiger partial charge in [0.15, 0.2) is 0 Å². The molecule has 0 aliphatic heterocycles. The quantitative estimate of drug-likeness (QED) is 0.607. The number of hydrogen-bond donors (Lipinski definition) is 1. The molecule has 0 spiro atoms. The van der Waals surface area contributed by atoms with E-state index >= 15 is 0 Å². The van der Waals surface area contributed by atoms with Crippen molar-refractivity contribution in [3.63, 3.8) is 0 Å². The lowest BCUT2D eigenvalue weighted by molar-refractivity contribution is -0.144. The molecule has 0 bridgehead atoms. The van der Waals surface area contributed by atoms with Gasteiger partial charge in [0.25, 0.3) is 0 Å². The zero-order chi connectivity index (χ0) is 18.5. The van der Waals surface area contributed by atoms with Gasteiger partial charge in [0.2, 0.25) is 0 Å². The van der Waals surface area contributed by atoms with Crippen molar-refractivity contribution in [2.45, 2.75) is 57.8 Å². The first-order chi connectivity index (χ1) is 12.6. The van der Waals surface area contributed by atoms with Crippen LogP contribution in [0.25, 0.3) is 11.0 Å². The SMILES string of the molecule is CCCOC(=O)CC(c1c(O)c2ccccc2oc1=O)C1CCCCC1. The Labute approximate surface area is 153 Å². The summed E-state index contributed by atoms with van der Waals surface area (Å²) in [5.74, 6) is -0.585. The Morgan fingerprint density at radius 2 is 2.00 bits per heavy atom. The van der Waals surface area contributed by atoms with E-state index in [0.717, 1.165) is 32.1 Å². The monoisotopic (exact) mass is 358 g/mol. The van der Waals surface area contributed by atoms with E-state index in [2.05, 4.69) is 0 Å². The molecule has 0 amide bonds. The third kappa shape index (κ3) is 3.92. The summed E-state index contributed by atoms with van der Waals surface area (Å²) >= 11 is 0. The van der Waals surface area contributed by atoms with Crippen molar-refractivity contribution in [1.29, 1.82) is 0 Å². The number of aromatic hydroxyl groups is 1. The van der Waals surface area contributed by atoms with Gasteiger partial charge in [-0.2, -0.15) is 0 Å². The van der Waals surface area contributed by atoms with Crippen molar-refractivity contribution >= 4 is 16.9 Å². The second-order valence-electron chi connectivity index (χ2n) is 7.08. The number of carbonyl (C=O) groups excluding carboxylic acids is 1. The number of benzene rings is 1. The van der Waals surface area contributed by atoms with Gasteiger partial charge in [0.1, 0.15) is 11.3 Å². The van der Waals surface area contributed by atoms with Crippen LogP contribution in [0.1, 0.15) is 63.4 Å². The van der Waals surface area contributed by atoms with Crippen LogP contribution in [0.4, 0.5) is 0 Å². The number of fused-ring (bicyclic) bond motifs is 1. The molecule has 1 unspecified atom stereocenters. The van der Waals surface area contributed by atoms with Crippen molar-refractivity contribution in [2.75, 3.05) is 6.61 Å². The Hall–Kier alpha value is -2.30. The van der Waals surface area contributed by atoms with Crippen molar-refractivity contribution < 1.29 is 19.1 Å². The minimum Gasteiger partial charge on any atom is -0.507 e. The third-order valence-electron chi connectivity index (χ3n) is 5.26. The number of rotatable bonds is 6. The molecule has 5 nitrogen and oxygen atoms in total. The fraction of sp³-hybridized carbons (Fsp3) is 0.524. The molecule has 1 atom stereocenters. The van der Waals surface area contributed by atoms with Crippen LogP contribution in [-0.4, -0.2) is 17.7 Å². The van der Waals surface area contributed by atoms with E-state index < -0.39 is 5.63 Å². The summed E-state index contributed by atoms with van der Waals surface area (Å²) in [5, 5.41) is 11.3. The summed E-state index contributed by atoms with van der Waals surface area (Å²) in [7, 11) is 0. The zero-order valence-electron chi connectivity index (χ0n) is 15.2. The highest BCUT2D eigenvalue weighted by molar-refractivity contribution is 5.84. The highest BCUT2D eigenvalue weighted by Crippen LogP contribution is 2.42. The first-order valence-corrected chi connectivity index (χ1v) is 9.52. The van der Waals surface area contributed by atoms with Gasteiger partial charge in [-0.05, 0) is 37.3 Å². The molecular formula is C21H26O5. The Morgan fingerprint density at radius 1 is 1.27 bits per heavy atom. The fourth-order valence-corrected chi connectivity index (χ4v) is 3.97. The summed E-state index contributed by atoms with van der Waals surface area (Å²) < 4.78 is 10.7. The molecule has 1 heterocycles. The average Bonchev–Trinajstić information content (AvgIpc) is 2.66. The Balaban J connectivity index is 2.01. The van der Waals surface area contributed by atoms with Crippen molar-refractivity contribution in [3.05, 3.63) is 40.2 Å². The van der Waals surface area contributed by atoms with Gasteiger partial charge >= 0.3 is 11.6 Å². The smallest absolute Gasteiger partial charge is 0.343 e. The molecule has 1 saturated carbocycles. The Morgan fingerprint density at radius 3 is 2.73 bits per heavy atom. The molecule has 1 aromatic heterocycles. The first kappa shape index (κ1) is 18.5. The maximum Gasteiger partial charge on any atom is 0.343 e. The van der Waals surface area contributed by atoms with E-state index in [1.54, 1.807) is 24.3 Å². The zero-order valence-corrected chi connectivity index (χ0v) is 15.2. The molecule has 0 radical (unpaired) electrons. The average molecular weight is 358 g/mol. The number of para-hydroxylation sites is 1. The highest BCUT2D eigenvalue weighted by Gasteiger charge is 2.33. The van der Waals surface area contributed by atoms with Crippen LogP contribution in [0.5, 0.6) is 5.75 Å². The normalized spacial score (nSPS) is 16.5. The van der Waals surface area contributed by atoms with Gasteiger partial charge in [-0.25, -0.2) is 4.79 Å². The van der Waals surface area contributed by atoms with E-state index in [9.17, 15) is 14.7 Å². The van der Waals surface area contributed by atoms with E-state index in [1.165, 1.54) is 6.42 Å². The summed E-state index contributed by atoms with van der Waals surface area (Å²) in [5.41, 5.74) is 0.0267. The van der Waals surface area contributed by atoms with Crippen LogP contribution in [0.15, 0.2) is 33.5 Å². The standard InChI is InChI=1S/C21H26O5/c1-2-12-25-18(22)13-16(14-8-4-3-5-9-14)19-20(23)15-10-6-7-11-17(15)26-21(19)24/h6-7,10-11,14,16,23H,2-5,8-9,12-13H2,1H3. The summed E-state index contributed by atoms with van der Waals surface area (Å²) in [6.07, 6.45) is 6.05. The number of carbonyl (C=O) groups is 1. The van der Waals surface area contributed by atoms with Crippen LogP contribution in [0, 0.1) is 5.92 Å². The topological polar surface area (TPSA) is 76.7 Å². The molecule has 1 aliphatic carbocycles. The second kappa shape index (κ2) is 8.39. The van der Waals surface area contributed by atoms with Gasteiger partial charge in [0.05, 0.1) is 24.0 Å². The van der Waals surface area contributed by atoms with Crippen LogP contribution >= 0.6 is 0 Å². The first-order valence-electron chi connectivity index (χ1n) is 9.52. The molecule has 1 aromatic carbocycles. The van der Waals surface area contributed by atoms with E-state index in [0.29, 0.717) is 17.6 Å². The maximum atomic E-state index is 12.7. The molecule has 2 aromatic rings. The van der Waals surface area contributed by atoms with E-state index in [-0.39, 0.29) is 35.5 Å². The molecule has 140 valence electrons. The summed E-state index contributed by atoms with van der Waals surface area (Å²) in [6.45, 7) is 2.31. The highest BCUT2D eigenvalue weighted by atomic mass is 16.5. The Bertz CT molecular complexity index is 817. The summed E-state index contributed by atoms with van der Waals surface area (Å²) in [4.78, 5) is 24.9. The van der Waals surface area contributed by atoms with Crippen molar-refractivity contribution in [3.8, 4) is 5.75 Å². The lowest BCUT2D eigenvalue weighted by atomic mass is 9.75. The van der Waals surface area contributed by atoms with Gasteiger partial charge in [-0.15, -0.1) is 0 Å². The minimum absolute atomic E-state index is 0.0595. The fourth-order valence-electron chi connectivity index (χ4n) is 3.97. The number of hydrogen-bond acceptors (Lipinski definition) is 5. The van der Waals surface area contributed by atoms with Gasteiger partial charge in [-0.1, -0.05) is 38.3 Å². The predicted octanol–water partition coefficient (Wildman–Crippen LogP) is 4.51. The molecule has 1 fully saturated rings. The van der Waals surface area contributed by atoms with Crippen LogP contribution in [0.3, 0.4) is 0 Å². The second-order valence-corrected chi connectivity index (χ2v) is 7.08. The van der Waals surface area contributed by atoms with E-state index in [4.69, 9.17) is 9.15 Å². The number of esters is 1. The van der Waals surface area contributed by atoms with Crippen molar-refractivity contribution in [2.24, 2.45) is 5.92 Å². The largest absolute Gasteiger partial charge is 0.507 e. The maximum absolute atomic E-state index is 12.7. The van der Waals surface area contributed by atoms with Gasteiger partial charge < -0.3 is 14.3 Å². The lowest BCUT2D eigenvalue weighted by Crippen LogP contribution is -2.25. The molecular weight excluding hydrogens is 332 g/mol. The molecule has 1 aliphatic rings. The lowest BCUT2D eigenvalue weighted by Gasteiger charge is -2.29. The molecule has 26 heavy (non-hydrogen) atoms. The summed E-state index contributed by atoms with van der Waals surface area (Å²) in [6, 6.07) is 6.93. The third-order valence-corrected chi connectivity index (χ3v) is 5.26. The van der Waals surface area contributed by atoms with Crippen LogP contribution in [-0.2, 0) is 9.53 Å². The molecule has 1 N–H and O–H groups in total. The molecule has 0 saturated heterocycles. The van der Waals surface area contributed by atoms with Crippen LogP contribution < -0.4 is 5.63 Å². The molecule has 3 rings (SSSR count). The predicted molar refractivity (Wildman–Crippen MR) is 99.3 cm³/mol. The van der Waals surface area contributed by atoms with Gasteiger partial charge in [-0.3, -0.25) is 4.79 Å². The van der Waals surface area contributed by atoms with Crippen LogP contribution in [0.2, 0.25) is 0 Å². The number of ether oxygens (including phenoxy) is 1. The van der Waals surface area contributed by atoms with Crippen molar-refractivity contribution in [1.82, 2.24) is 0 Å². The van der Waals surface area contributed by atoms with E-state index in [1.807, 2.05) is 6.92 Å². The molecule has 5 heteroatoms.